The van der Waals surface area contributed by atoms with Crippen molar-refractivity contribution in [3.63, 3.8) is 0 Å². The second-order valence-electron chi connectivity index (χ2n) is 6.04. The van der Waals surface area contributed by atoms with Crippen LogP contribution < -0.4 is 14.8 Å². The summed E-state index contributed by atoms with van der Waals surface area (Å²) in [6, 6.07) is 21.1. The number of anilines is 1. The molecular formula is C22H18BrNO4. The van der Waals surface area contributed by atoms with Crippen molar-refractivity contribution in [2.45, 2.75) is 6.92 Å². The Labute approximate surface area is 171 Å². The van der Waals surface area contributed by atoms with Crippen LogP contribution in [0.5, 0.6) is 11.5 Å². The number of ether oxygens (including phenoxy) is 2. The fraction of sp³-hybridized carbons (Fsp3) is 0.0909. The number of rotatable bonds is 6. The lowest BCUT2D eigenvalue weighted by Gasteiger charge is -2.09. The fourth-order valence-electron chi connectivity index (χ4n) is 2.37. The third-order valence-electron chi connectivity index (χ3n) is 3.84. The van der Waals surface area contributed by atoms with Gasteiger partial charge < -0.3 is 14.8 Å². The number of halogens is 1. The van der Waals surface area contributed by atoms with Crippen LogP contribution >= 0.6 is 15.9 Å². The molecule has 0 aliphatic rings. The van der Waals surface area contributed by atoms with Crippen molar-refractivity contribution >= 4 is 33.5 Å². The summed E-state index contributed by atoms with van der Waals surface area (Å²) < 4.78 is 11.4. The highest BCUT2D eigenvalue weighted by atomic mass is 79.9. The van der Waals surface area contributed by atoms with E-state index in [1.54, 1.807) is 30.3 Å². The number of benzene rings is 3. The maximum Gasteiger partial charge on any atom is 0.349 e. The first-order chi connectivity index (χ1) is 13.5. The van der Waals surface area contributed by atoms with E-state index in [0.717, 1.165) is 15.7 Å². The van der Waals surface area contributed by atoms with Gasteiger partial charge >= 0.3 is 5.97 Å². The van der Waals surface area contributed by atoms with Crippen molar-refractivity contribution in [3.05, 3.63) is 88.4 Å². The molecule has 6 heteroatoms. The molecule has 0 unspecified atom stereocenters. The van der Waals surface area contributed by atoms with Gasteiger partial charge in [-0.15, -0.1) is 0 Å². The van der Waals surface area contributed by atoms with Crippen LogP contribution in [-0.4, -0.2) is 18.5 Å². The van der Waals surface area contributed by atoms with Gasteiger partial charge in [-0.2, -0.15) is 0 Å². The van der Waals surface area contributed by atoms with Crippen molar-refractivity contribution < 1.29 is 19.1 Å². The zero-order valence-corrected chi connectivity index (χ0v) is 16.7. The number of nitrogens with one attached hydrogen (secondary N) is 1. The average molecular weight is 440 g/mol. The Hall–Kier alpha value is -3.12. The average Bonchev–Trinajstić information content (AvgIpc) is 2.69. The van der Waals surface area contributed by atoms with Crippen molar-refractivity contribution in [1.82, 2.24) is 0 Å². The molecule has 3 aromatic rings. The molecule has 3 aromatic carbocycles. The molecule has 3 rings (SSSR count). The van der Waals surface area contributed by atoms with Gasteiger partial charge in [-0.3, -0.25) is 4.79 Å². The lowest BCUT2D eigenvalue weighted by Crippen LogP contribution is -2.18. The van der Waals surface area contributed by atoms with E-state index < -0.39 is 5.97 Å². The smallest absolute Gasteiger partial charge is 0.349 e. The second kappa shape index (κ2) is 9.19. The number of amides is 1. The quantitative estimate of drug-likeness (QED) is 0.433. The van der Waals surface area contributed by atoms with Gasteiger partial charge in [0.2, 0.25) is 0 Å². The van der Waals surface area contributed by atoms with Crippen LogP contribution in [0.4, 0.5) is 5.69 Å². The minimum atomic E-state index is -0.535. The second-order valence-corrected chi connectivity index (χ2v) is 6.89. The van der Waals surface area contributed by atoms with Gasteiger partial charge in [-0.1, -0.05) is 29.8 Å². The summed E-state index contributed by atoms with van der Waals surface area (Å²) in [5.74, 6) is 0.127. The van der Waals surface area contributed by atoms with Gasteiger partial charge in [0.05, 0.1) is 4.47 Å². The monoisotopic (exact) mass is 439 g/mol. The zero-order valence-electron chi connectivity index (χ0n) is 15.1. The van der Waals surface area contributed by atoms with Gasteiger partial charge in [0.15, 0.2) is 6.61 Å². The molecule has 5 nitrogen and oxygen atoms in total. The zero-order chi connectivity index (χ0) is 19.9. The Balaban J connectivity index is 1.53. The standard InChI is InChI=1S/C22H18BrNO4/c1-15-6-10-17(11-7-15)24-22(26)16-8-12-18(13-9-16)28-21(25)14-27-20-5-3-2-4-19(20)23/h2-13H,14H2,1H3,(H,24,26). The number of hydrogen-bond donors (Lipinski definition) is 1. The highest BCUT2D eigenvalue weighted by Gasteiger charge is 2.10. The lowest BCUT2D eigenvalue weighted by atomic mass is 10.2. The maximum atomic E-state index is 12.3. The van der Waals surface area contributed by atoms with Gasteiger partial charge in [-0.05, 0) is 71.4 Å². The minimum absolute atomic E-state index is 0.224. The van der Waals surface area contributed by atoms with E-state index in [4.69, 9.17) is 9.47 Å². The number of hydrogen-bond acceptors (Lipinski definition) is 4. The molecule has 142 valence electrons. The number of aryl methyl sites for hydroxylation is 1. The van der Waals surface area contributed by atoms with E-state index in [1.165, 1.54) is 0 Å². The summed E-state index contributed by atoms with van der Waals surface area (Å²) in [5, 5.41) is 2.82. The van der Waals surface area contributed by atoms with Crippen molar-refractivity contribution in [2.24, 2.45) is 0 Å². The number of carbonyl (C=O) groups excluding carboxylic acids is 2. The third-order valence-corrected chi connectivity index (χ3v) is 4.49. The Morgan fingerprint density at radius 1 is 0.929 bits per heavy atom. The molecule has 1 amide bonds. The van der Waals surface area contributed by atoms with Crippen LogP contribution in [0.25, 0.3) is 0 Å². The summed E-state index contributed by atoms with van der Waals surface area (Å²) in [5.41, 5.74) is 2.30. The first-order valence-electron chi connectivity index (χ1n) is 8.57. The molecule has 0 aromatic heterocycles. The van der Waals surface area contributed by atoms with E-state index in [9.17, 15) is 9.59 Å². The summed E-state index contributed by atoms with van der Waals surface area (Å²) in [6.07, 6.45) is 0. The molecule has 0 atom stereocenters. The summed E-state index contributed by atoms with van der Waals surface area (Å²) >= 11 is 3.35. The topological polar surface area (TPSA) is 64.6 Å². The molecule has 0 fully saturated rings. The number of para-hydroxylation sites is 1. The summed E-state index contributed by atoms with van der Waals surface area (Å²) in [4.78, 5) is 24.2. The molecule has 0 aliphatic heterocycles. The van der Waals surface area contributed by atoms with Crippen molar-refractivity contribution in [1.29, 1.82) is 0 Å². The van der Waals surface area contributed by atoms with Crippen LogP contribution in [0, 0.1) is 6.92 Å². The van der Waals surface area contributed by atoms with Gasteiger partial charge in [0, 0.05) is 11.3 Å². The highest BCUT2D eigenvalue weighted by Crippen LogP contribution is 2.23. The predicted octanol–water partition coefficient (Wildman–Crippen LogP) is 4.99. The summed E-state index contributed by atoms with van der Waals surface area (Å²) in [7, 11) is 0. The van der Waals surface area contributed by atoms with E-state index in [0.29, 0.717) is 17.1 Å². The van der Waals surface area contributed by atoms with Crippen molar-refractivity contribution in [3.8, 4) is 11.5 Å². The number of esters is 1. The van der Waals surface area contributed by atoms with E-state index in [-0.39, 0.29) is 12.5 Å². The Morgan fingerprint density at radius 2 is 1.61 bits per heavy atom. The third kappa shape index (κ3) is 5.44. The highest BCUT2D eigenvalue weighted by molar-refractivity contribution is 9.10. The predicted molar refractivity (Wildman–Crippen MR) is 111 cm³/mol. The summed E-state index contributed by atoms with van der Waals surface area (Å²) in [6.45, 7) is 1.76. The normalized spacial score (nSPS) is 10.2. The van der Waals surface area contributed by atoms with Crippen LogP contribution in [0.3, 0.4) is 0 Å². The molecule has 1 N–H and O–H groups in total. The van der Waals surface area contributed by atoms with Crippen LogP contribution in [0.1, 0.15) is 15.9 Å². The molecule has 0 saturated carbocycles. The molecule has 0 aliphatic carbocycles. The van der Waals surface area contributed by atoms with E-state index in [1.807, 2.05) is 49.4 Å². The van der Waals surface area contributed by atoms with Crippen LogP contribution in [-0.2, 0) is 4.79 Å². The molecule has 0 bridgehead atoms. The molecular weight excluding hydrogens is 422 g/mol. The van der Waals surface area contributed by atoms with Crippen LogP contribution in [0.15, 0.2) is 77.3 Å². The molecule has 0 radical (unpaired) electrons. The Kier molecular flexibility index (Phi) is 6.45. The fourth-order valence-corrected chi connectivity index (χ4v) is 2.77. The minimum Gasteiger partial charge on any atom is -0.481 e. The maximum absolute atomic E-state index is 12.3. The first-order valence-corrected chi connectivity index (χ1v) is 9.36. The van der Waals surface area contributed by atoms with Crippen molar-refractivity contribution in [2.75, 3.05) is 11.9 Å². The molecule has 28 heavy (non-hydrogen) atoms. The lowest BCUT2D eigenvalue weighted by molar-refractivity contribution is -0.136. The van der Waals surface area contributed by atoms with Gasteiger partial charge in [0.25, 0.3) is 5.91 Å². The van der Waals surface area contributed by atoms with Crippen LogP contribution in [0.2, 0.25) is 0 Å². The molecule has 0 heterocycles. The van der Waals surface area contributed by atoms with E-state index >= 15 is 0 Å². The SMILES string of the molecule is Cc1ccc(NC(=O)c2ccc(OC(=O)COc3ccccc3Br)cc2)cc1. The Morgan fingerprint density at radius 3 is 2.29 bits per heavy atom. The molecule has 0 spiro atoms. The van der Waals surface area contributed by atoms with Gasteiger partial charge in [0.1, 0.15) is 11.5 Å². The van der Waals surface area contributed by atoms with Gasteiger partial charge in [-0.25, -0.2) is 4.79 Å². The number of carbonyl (C=O) groups is 2. The Bertz CT molecular complexity index is 969. The largest absolute Gasteiger partial charge is 0.481 e. The first kappa shape index (κ1) is 19.6. The molecule has 0 saturated heterocycles. The van der Waals surface area contributed by atoms with E-state index in [2.05, 4.69) is 21.2 Å².